The smallest absolute Gasteiger partial charge is 0.259 e. The quantitative estimate of drug-likeness (QED) is 0.292. The number of aryl methyl sites for hydroxylation is 1. The molecule has 7 heteroatoms. The highest BCUT2D eigenvalue weighted by Crippen LogP contribution is 2.52. The minimum Gasteiger partial charge on any atom is -0.336 e. The molecular formula is C30H29BrN4O2. The van der Waals surface area contributed by atoms with Gasteiger partial charge in [0.15, 0.2) is 5.78 Å². The molecule has 4 heterocycles. The second-order valence-electron chi connectivity index (χ2n) is 11.0. The summed E-state index contributed by atoms with van der Waals surface area (Å²) in [5.74, 6) is 0.558. The van der Waals surface area contributed by atoms with Crippen LogP contribution in [0, 0.1) is 6.92 Å². The van der Waals surface area contributed by atoms with Crippen LogP contribution in [0.5, 0.6) is 0 Å². The first-order valence-corrected chi connectivity index (χ1v) is 13.5. The maximum absolute atomic E-state index is 13.7. The number of fused-ring (bicyclic) bond motifs is 1. The zero-order valence-electron chi connectivity index (χ0n) is 21.5. The van der Waals surface area contributed by atoms with Gasteiger partial charge in [-0.2, -0.15) is 0 Å². The number of aromatic nitrogens is 2. The molecule has 0 N–H and O–H groups in total. The molecule has 0 fully saturated rings. The number of anilines is 2. The summed E-state index contributed by atoms with van der Waals surface area (Å²) in [6.07, 6.45) is 4.88. The summed E-state index contributed by atoms with van der Waals surface area (Å²) in [6.45, 7) is 9.80. The van der Waals surface area contributed by atoms with Crippen LogP contribution in [0.15, 0.2) is 53.1 Å². The van der Waals surface area contributed by atoms with Gasteiger partial charge in [-0.3, -0.25) is 9.59 Å². The number of amides is 1. The number of carbonyl (C=O) groups is 2. The van der Waals surface area contributed by atoms with Crippen LogP contribution in [-0.4, -0.2) is 33.7 Å². The molecule has 0 spiro atoms. The molecule has 6 rings (SSSR count). The molecule has 0 bridgehead atoms. The third-order valence-corrected chi connectivity index (χ3v) is 8.37. The van der Waals surface area contributed by atoms with Gasteiger partial charge in [-0.25, -0.2) is 9.97 Å². The molecule has 1 amide bonds. The molecule has 37 heavy (non-hydrogen) atoms. The minimum absolute atomic E-state index is 0.123. The van der Waals surface area contributed by atoms with Crippen molar-refractivity contribution in [2.24, 2.45) is 0 Å². The van der Waals surface area contributed by atoms with Gasteiger partial charge in [-0.05, 0) is 74.4 Å². The van der Waals surface area contributed by atoms with E-state index in [0.29, 0.717) is 28.7 Å². The van der Waals surface area contributed by atoms with Crippen LogP contribution in [0.3, 0.4) is 0 Å². The molecule has 0 saturated carbocycles. The van der Waals surface area contributed by atoms with Crippen molar-refractivity contribution in [3.8, 4) is 0 Å². The third-order valence-electron chi connectivity index (χ3n) is 7.91. The summed E-state index contributed by atoms with van der Waals surface area (Å²) >= 11 is 3.62. The van der Waals surface area contributed by atoms with E-state index in [2.05, 4.69) is 76.9 Å². The average molecular weight is 557 g/mol. The van der Waals surface area contributed by atoms with Crippen LogP contribution < -0.4 is 9.80 Å². The van der Waals surface area contributed by atoms with E-state index >= 15 is 0 Å². The second kappa shape index (κ2) is 8.62. The summed E-state index contributed by atoms with van der Waals surface area (Å²) in [7, 11) is 0. The standard InChI is InChI=1S/C30H29BrN4O2/c1-17-14-30(3,4)35-27-22(17)11-21(31)12-23(27)24(28(35)37)13-26(36)25-15-32-29(33-18(25)2)34-10-9-19-7-5-6-8-20(19)16-34/h5-8,11-13,15,17H,9-10,14,16H2,1-4H3/b24-13+. The molecule has 6 nitrogen and oxygen atoms in total. The second-order valence-corrected chi connectivity index (χ2v) is 11.9. The Morgan fingerprint density at radius 2 is 1.95 bits per heavy atom. The normalized spacial score (nSPS) is 20.7. The fraction of sp³-hybridized carbons (Fsp3) is 0.333. The molecule has 1 aromatic heterocycles. The molecule has 0 radical (unpaired) electrons. The Balaban J connectivity index is 1.33. The van der Waals surface area contributed by atoms with E-state index in [0.717, 1.165) is 47.2 Å². The van der Waals surface area contributed by atoms with Gasteiger partial charge in [-0.1, -0.05) is 47.1 Å². The number of carbonyl (C=O) groups excluding carboxylic acids is 2. The lowest BCUT2D eigenvalue weighted by molar-refractivity contribution is -0.114. The average Bonchev–Trinajstić information content (AvgIpc) is 3.14. The maximum Gasteiger partial charge on any atom is 0.259 e. The summed E-state index contributed by atoms with van der Waals surface area (Å²) in [5, 5.41) is 0. The van der Waals surface area contributed by atoms with Crippen molar-refractivity contribution in [3.05, 3.63) is 86.7 Å². The highest BCUT2D eigenvalue weighted by atomic mass is 79.9. The van der Waals surface area contributed by atoms with Crippen molar-refractivity contribution in [1.29, 1.82) is 0 Å². The summed E-state index contributed by atoms with van der Waals surface area (Å²) in [5.41, 5.74) is 6.65. The van der Waals surface area contributed by atoms with E-state index in [1.807, 2.05) is 17.9 Å². The number of allylic oxidation sites excluding steroid dienone is 1. The fourth-order valence-corrected chi connectivity index (χ4v) is 6.66. The zero-order chi connectivity index (χ0) is 26.1. The van der Waals surface area contributed by atoms with Crippen molar-refractivity contribution < 1.29 is 9.59 Å². The Labute approximate surface area is 225 Å². The largest absolute Gasteiger partial charge is 0.336 e. The van der Waals surface area contributed by atoms with E-state index in [9.17, 15) is 9.59 Å². The first-order valence-electron chi connectivity index (χ1n) is 12.7. The van der Waals surface area contributed by atoms with Crippen LogP contribution in [0.2, 0.25) is 0 Å². The van der Waals surface area contributed by atoms with E-state index in [1.54, 1.807) is 6.20 Å². The van der Waals surface area contributed by atoms with Crippen LogP contribution in [0.1, 0.15) is 71.4 Å². The number of nitrogens with zero attached hydrogens (tertiary/aromatic N) is 4. The van der Waals surface area contributed by atoms with Crippen molar-refractivity contribution in [3.63, 3.8) is 0 Å². The van der Waals surface area contributed by atoms with E-state index < -0.39 is 0 Å². The molecule has 188 valence electrons. The molecule has 1 unspecified atom stereocenters. The van der Waals surface area contributed by atoms with Crippen LogP contribution in [0.25, 0.3) is 5.57 Å². The Morgan fingerprint density at radius 1 is 1.19 bits per heavy atom. The predicted octanol–water partition coefficient (Wildman–Crippen LogP) is 6.01. The van der Waals surface area contributed by atoms with Crippen molar-refractivity contribution in [2.45, 2.75) is 58.5 Å². The number of hydrogen-bond acceptors (Lipinski definition) is 5. The van der Waals surface area contributed by atoms with Crippen LogP contribution in [0.4, 0.5) is 11.6 Å². The number of hydrogen-bond donors (Lipinski definition) is 0. The van der Waals surface area contributed by atoms with Gasteiger partial charge in [0.1, 0.15) is 0 Å². The zero-order valence-corrected chi connectivity index (χ0v) is 23.1. The summed E-state index contributed by atoms with van der Waals surface area (Å²) in [6, 6.07) is 12.5. The lowest BCUT2D eigenvalue weighted by Gasteiger charge is -2.43. The molecule has 3 aliphatic rings. The third kappa shape index (κ3) is 3.91. The van der Waals surface area contributed by atoms with Gasteiger partial charge in [0.25, 0.3) is 5.91 Å². The number of rotatable bonds is 3. The highest BCUT2D eigenvalue weighted by Gasteiger charge is 2.47. The lowest BCUT2D eigenvalue weighted by Crippen LogP contribution is -2.49. The Hall–Kier alpha value is -3.32. The minimum atomic E-state index is -0.335. The van der Waals surface area contributed by atoms with Gasteiger partial charge < -0.3 is 9.80 Å². The topological polar surface area (TPSA) is 66.4 Å². The molecule has 1 atom stereocenters. The van der Waals surface area contributed by atoms with Gasteiger partial charge in [-0.15, -0.1) is 0 Å². The SMILES string of the molecule is Cc1nc(N2CCc3ccccc3C2)ncc1C(=O)/C=C1/C(=O)N2c3c1cc(Br)cc3C(C)CC2(C)C. The Kier molecular flexibility index (Phi) is 5.60. The molecule has 0 saturated heterocycles. The van der Waals surface area contributed by atoms with Crippen molar-refractivity contribution >= 4 is 44.8 Å². The van der Waals surface area contributed by atoms with Gasteiger partial charge in [0.2, 0.25) is 5.95 Å². The van der Waals surface area contributed by atoms with E-state index in [1.165, 1.54) is 17.2 Å². The highest BCUT2D eigenvalue weighted by molar-refractivity contribution is 9.10. The summed E-state index contributed by atoms with van der Waals surface area (Å²) in [4.78, 5) is 40.4. The maximum atomic E-state index is 13.7. The molecule has 0 aliphatic carbocycles. The van der Waals surface area contributed by atoms with E-state index in [-0.39, 0.29) is 17.2 Å². The lowest BCUT2D eigenvalue weighted by atomic mass is 9.80. The summed E-state index contributed by atoms with van der Waals surface area (Å²) < 4.78 is 0.910. The van der Waals surface area contributed by atoms with Crippen LogP contribution >= 0.6 is 15.9 Å². The van der Waals surface area contributed by atoms with Crippen LogP contribution in [-0.2, 0) is 17.8 Å². The predicted molar refractivity (Wildman–Crippen MR) is 149 cm³/mol. The van der Waals surface area contributed by atoms with Crippen molar-refractivity contribution in [1.82, 2.24) is 9.97 Å². The molecule has 3 aliphatic heterocycles. The fourth-order valence-electron chi connectivity index (χ4n) is 6.18. The number of benzene rings is 2. The van der Waals surface area contributed by atoms with Gasteiger partial charge in [0, 0.05) is 34.9 Å². The van der Waals surface area contributed by atoms with E-state index in [4.69, 9.17) is 4.98 Å². The number of halogens is 1. The number of ketones is 1. The van der Waals surface area contributed by atoms with Crippen molar-refractivity contribution in [2.75, 3.05) is 16.3 Å². The molecular weight excluding hydrogens is 528 g/mol. The van der Waals surface area contributed by atoms with Gasteiger partial charge >= 0.3 is 0 Å². The Morgan fingerprint density at radius 3 is 2.70 bits per heavy atom. The van der Waals surface area contributed by atoms with Gasteiger partial charge in [0.05, 0.1) is 22.5 Å². The monoisotopic (exact) mass is 556 g/mol. The first kappa shape index (κ1) is 24.0. The Bertz CT molecular complexity index is 1510. The first-order chi connectivity index (χ1) is 17.6. The molecule has 3 aromatic rings. The molecule has 2 aromatic carbocycles.